The number of carbonyl (C=O) groups is 8. The molecule has 6 saturated carbocycles. The van der Waals surface area contributed by atoms with Gasteiger partial charge in [-0.05, 0) is 183 Å². The van der Waals surface area contributed by atoms with Gasteiger partial charge in [-0.3, -0.25) is 38.4 Å². The summed E-state index contributed by atoms with van der Waals surface area (Å²) in [6.07, 6.45) is 14.8. The number of sulfonamides is 2. The number of hydrogen-bond acceptors (Lipinski definition) is 18. The van der Waals surface area contributed by atoms with E-state index >= 15 is 0 Å². The second-order valence-corrected chi connectivity index (χ2v) is 38.3. The highest BCUT2D eigenvalue weighted by Crippen LogP contribution is 2.58. The maximum Gasteiger partial charge on any atom is 0.499 e. The van der Waals surface area contributed by atoms with E-state index in [2.05, 4.69) is 39.7 Å². The van der Waals surface area contributed by atoms with Crippen molar-refractivity contribution in [3.05, 3.63) is 113 Å². The molecule has 2 aliphatic heterocycles. The Bertz CT molecular complexity index is 4000. The molecular formula is C76H100BBrN6O16S4. The molecule has 2 aromatic heterocycles. The van der Waals surface area contributed by atoms with Gasteiger partial charge in [-0.15, -0.1) is 24.5 Å². The summed E-state index contributed by atoms with van der Waals surface area (Å²) in [5, 5.41) is 26.7. The number of Topliss-reactive ketones (excluding diaryl/α,β-unsaturated/α-hetero) is 2. The van der Waals surface area contributed by atoms with E-state index in [1.54, 1.807) is 77.4 Å². The predicted molar refractivity (Wildman–Crippen MR) is 401 cm³/mol. The highest BCUT2D eigenvalue weighted by Gasteiger charge is 2.62. The van der Waals surface area contributed by atoms with Crippen molar-refractivity contribution >= 4 is 118 Å². The lowest BCUT2D eigenvalue weighted by Gasteiger charge is -2.34. The minimum Gasteiger partial charge on any atom is -0.462 e. The fourth-order valence-corrected chi connectivity index (χ4v) is 19.0. The van der Waals surface area contributed by atoms with Crippen LogP contribution >= 0.6 is 38.6 Å². The number of amides is 4. The number of ether oxygens (including phenoxy) is 2. The smallest absolute Gasteiger partial charge is 0.462 e. The number of ketones is 2. The Morgan fingerprint density at radius 3 is 1.32 bits per heavy atom. The van der Waals surface area contributed by atoms with E-state index in [-0.39, 0.29) is 109 Å². The van der Waals surface area contributed by atoms with Crippen molar-refractivity contribution in [1.82, 2.24) is 29.0 Å². The van der Waals surface area contributed by atoms with E-state index in [9.17, 15) is 55.2 Å². The molecule has 2 saturated heterocycles. The first-order valence-corrected chi connectivity index (χ1v) is 41.8. The summed E-state index contributed by atoms with van der Waals surface area (Å²) in [6, 6.07) is 17.8. The van der Waals surface area contributed by atoms with Crippen molar-refractivity contribution in [2.75, 3.05) is 39.5 Å². The summed E-state index contributed by atoms with van der Waals surface area (Å²) in [4.78, 5) is 114. The summed E-state index contributed by atoms with van der Waals surface area (Å²) < 4.78 is 70.8. The lowest BCUT2D eigenvalue weighted by molar-refractivity contribution is -0.156. The first kappa shape index (κ1) is 80.3. The Labute approximate surface area is 628 Å². The molecular weight excluding hydrogens is 1470 g/mol. The van der Waals surface area contributed by atoms with Crippen molar-refractivity contribution in [1.29, 1.82) is 0 Å². The molecule has 8 atom stereocenters. The van der Waals surface area contributed by atoms with Crippen LogP contribution in [0.15, 0.2) is 123 Å². The number of allylic oxidation sites excluding steroid dienone is 2. The topological polar surface area (TPSA) is 301 Å². The standard InChI is InChI=1S/C38H49N3O7S2.C34H46BrN3O7S.C4H5BO2S/c1-5-27-20-38(27,36(45)39-22-25-12-13-25)21-32(42)31-23-40(50(46,47)29-16-14-26(15-17-29)33-11-8-18-49-33)24-41(31)35(44)30(37(2,3)4)19-34(43)48-28-9-6-7-10-28;1-5-23-17-34(23,32(42)36-19-22-10-11-22)18-29(39)28-20-37(46(43,44)26-14-12-24(35)13-15-26)21-38(28)31(41)27(33(2,3)4)16-30(40)45-25-8-6-7-9-25;6-5(7)4-2-1-3-8-4/h5,8,11,14-18,25,27-28,30-31H,1,6-7,9-10,12-13,19-24H2,2-4H3,(H,39,45);5,12-15,22-23,25,27-28H,1,6-11,16-21H2,2-4H3,(H,36,42);1-3,6-7H/t27-,30-,31+,38-;23-,27-,28+,34-;/m11./s1. The van der Waals surface area contributed by atoms with E-state index in [1.807, 2.05) is 59.1 Å². The fraction of sp³-hybridized carbons (Fsp3) is 0.579. The van der Waals surface area contributed by atoms with Gasteiger partial charge in [-0.1, -0.05) is 100.0 Å². The SMILES string of the molecule is C=C[C@@H]1C[C@]1(CC(=O)[C@@H]1CN(S(=O)(=O)c2ccc(-c3cccs3)cc2)CN1C(=O)[C@@H](CC(=O)OC1CCCC1)C(C)(C)C)C(=O)NCC1CC1.C=C[C@@H]1C[C@]1(CC(=O)[C@@H]1CN(S(=O)(=O)c2ccc(Br)cc2)CN1C(=O)[C@@H](CC(=O)OC1CCCC1)C(C)(C)C)C(=O)NCC1CC1.OB(O)c1cccs1. The van der Waals surface area contributed by atoms with Crippen molar-refractivity contribution in [3.63, 3.8) is 0 Å². The largest absolute Gasteiger partial charge is 0.499 e. The molecule has 564 valence electrons. The van der Waals surface area contributed by atoms with Gasteiger partial charge in [0.25, 0.3) is 0 Å². The van der Waals surface area contributed by atoms with Gasteiger partial charge < -0.3 is 40.0 Å². The Balaban J connectivity index is 0.000000202. The van der Waals surface area contributed by atoms with Gasteiger partial charge in [0.1, 0.15) is 24.3 Å². The summed E-state index contributed by atoms with van der Waals surface area (Å²) in [6.45, 7) is 18.8. The van der Waals surface area contributed by atoms with Crippen LogP contribution in [0.1, 0.15) is 157 Å². The Kier molecular flexibility index (Phi) is 25.9. The second kappa shape index (κ2) is 33.5. The molecule has 4 N–H and O–H groups in total. The van der Waals surface area contributed by atoms with Crippen LogP contribution in [0, 0.1) is 57.2 Å². The number of halogens is 1. The highest BCUT2D eigenvalue weighted by atomic mass is 79.9. The lowest BCUT2D eigenvalue weighted by atomic mass is 9.77. The summed E-state index contributed by atoms with van der Waals surface area (Å²) in [5.74, 6) is -4.23. The number of nitrogens with one attached hydrogen (secondary N) is 2. The van der Waals surface area contributed by atoms with Crippen molar-refractivity contribution < 1.29 is 74.7 Å². The summed E-state index contributed by atoms with van der Waals surface area (Å²) >= 11 is 6.21. The Morgan fingerprint density at radius 2 is 0.990 bits per heavy atom. The van der Waals surface area contributed by atoms with Crippen molar-refractivity contribution in [2.45, 2.75) is 191 Å². The van der Waals surface area contributed by atoms with E-state index in [4.69, 9.17) is 19.5 Å². The van der Waals surface area contributed by atoms with Crippen LogP contribution in [0.4, 0.5) is 0 Å². The molecule has 12 rings (SSSR count). The first-order valence-electron chi connectivity index (χ1n) is 36.4. The molecule has 104 heavy (non-hydrogen) atoms. The van der Waals surface area contributed by atoms with Gasteiger partial charge in [-0.25, -0.2) is 16.8 Å². The molecule has 0 radical (unpaired) electrons. The van der Waals surface area contributed by atoms with Crippen LogP contribution in [0.25, 0.3) is 10.4 Å². The van der Waals surface area contributed by atoms with Gasteiger partial charge in [0.2, 0.25) is 43.7 Å². The molecule has 0 spiro atoms. The summed E-state index contributed by atoms with van der Waals surface area (Å²) in [7, 11) is -9.50. The Morgan fingerprint density at radius 1 is 0.596 bits per heavy atom. The van der Waals surface area contributed by atoms with E-state index in [0.717, 1.165) is 91.8 Å². The highest BCUT2D eigenvalue weighted by molar-refractivity contribution is 9.10. The van der Waals surface area contributed by atoms with Crippen LogP contribution in [-0.2, 0) is 67.9 Å². The molecule has 0 bridgehead atoms. The number of nitrogens with zero attached hydrogens (tertiary/aromatic N) is 4. The van der Waals surface area contributed by atoms with Gasteiger partial charge in [0, 0.05) is 53.1 Å². The molecule has 4 heterocycles. The third kappa shape index (κ3) is 19.5. The zero-order valence-corrected chi connectivity index (χ0v) is 65.2. The third-order valence-corrected chi connectivity index (χ3v) is 27.8. The second-order valence-electron chi connectivity index (χ2n) is 31.6. The molecule has 4 aromatic rings. The van der Waals surface area contributed by atoms with Crippen molar-refractivity contribution in [2.24, 2.45) is 57.2 Å². The first-order chi connectivity index (χ1) is 49.2. The Hall–Kier alpha value is -6.24. The number of benzene rings is 2. The van der Waals surface area contributed by atoms with E-state index < -0.39 is 96.5 Å². The normalized spacial score (nSPS) is 24.2. The molecule has 8 fully saturated rings. The lowest BCUT2D eigenvalue weighted by Crippen LogP contribution is -2.49. The number of esters is 2. The number of hydrogen-bond donors (Lipinski definition) is 4. The van der Waals surface area contributed by atoms with Crippen LogP contribution in [0.2, 0.25) is 0 Å². The maximum absolute atomic E-state index is 14.5. The average Bonchev–Trinajstić information content (AvgIpc) is 1.58. The molecule has 6 aliphatic carbocycles. The van der Waals surface area contributed by atoms with Gasteiger partial charge in [-0.2, -0.15) is 19.9 Å². The summed E-state index contributed by atoms with van der Waals surface area (Å²) in [5.41, 5.74) is -2.44. The quantitative estimate of drug-likeness (QED) is 0.0233. The van der Waals surface area contributed by atoms with E-state index in [0.29, 0.717) is 47.0 Å². The molecule has 0 unspecified atom stereocenters. The van der Waals surface area contributed by atoms with Gasteiger partial charge in [0.05, 0.1) is 58.6 Å². The van der Waals surface area contributed by atoms with Gasteiger partial charge >= 0.3 is 19.1 Å². The van der Waals surface area contributed by atoms with Crippen LogP contribution in [-0.4, -0.2) is 163 Å². The zero-order valence-electron chi connectivity index (χ0n) is 60.4. The number of thiophene rings is 2. The number of carbonyl (C=O) groups excluding carboxylic acids is 8. The maximum atomic E-state index is 14.5. The fourth-order valence-electron chi connectivity index (χ4n) is 14.6. The van der Waals surface area contributed by atoms with Gasteiger partial charge in [0.15, 0.2) is 11.6 Å². The van der Waals surface area contributed by atoms with Crippen LogP contribution in [0.5, 0.6) is 0 Å². The molecule has 2 aromatic carbocycles. The minimum absolute atomic E-state index is 0.0357. The molecule has 8 aliphatic rings. The predicted octanol–water partition coefficient (Wildman–Crippen LogP) is 10.0. The van der Waals surface area contributed by atoms with Crippen LogP contribution < -0.4 is 15.4 Å². The van der Waals surface area contributed by atoms with Crippen LogP contribution in [0.3, 0.4) is 0 Å². The molecule has 22 nitrogen and oxygen atoms in total. The number of rotatable bonds is 28. The zero-order chi connectivity index (χ0) is 75.3. The average molecular weight is 1570 g/mol. The molecule has 4 amide bonds. The van der Waals surface area contributed by atoms with E-state index in [1.165, 1.54) is 37.6 Å². The molecule has 28 heteroatoms. The monoisotopic (exact) mass is 1570 g/mol. The third-order valence-electron chi connectivity index (χ3n) is 21.8. The minimum atomic E-state index is -4.12. The van der Waals surface area contributed by atoms with Crippen molar-refractivity contribution in [3.8, 4) is 10.4 Å².